The largest absolute Gasteiger partial charge is 0.380 e. The van der Waals surface area contributed by atoms with Crippen LogP contribution in [0, 0.1) is 0 Å². The quantitative estimate of drug-likeness (QED) is 0.0852. The van der Waals surface area contributed by atoms with E-state index in [4.69, 9.17) is 4.74 Å². The second kappa shape index (κ2) is 21.2. The summed E-state index contributed by atoms with van der Waals surface area (Å²) < 4.78 is 5.41. The van der Waals surface area contributed by atoms with Gasteiger partial charge in [-0.25, -0.2) is 0 Å². The van der Waals surface area contributed by atoms with Gasteiger partial charge in [-0.2, -0.15) is 0 Å². The zero-order valence-electron chi connectivity index (χ0n) is 22.6. The first-order valence-electron chi connectivity index (χ1n) is 13.2. The predicted octanol–water partition coefficient (Wildman–Crippen LogP) is 0.599. The summed E-state index contributed by atoms with van der Waals surface area (Å²) in [4.78, 5) is 69.1. The fourth-order valence-corrected chi connectivity index (χ4v) is 3.35. The molecule has 12 heteroatoms. The number of hydrogen-bond acceptors (Lipinski definition) is 7. The van der Waals surface area contributed by atoms with E-state index in [1.54, 1.807) is 24.3 Å². The summed E-state index contributed by atoms with van der Waals surface area (Å²) in [6.07, 6.45) is 4.99. The van der Waals surface area contributed by atoms with Crippen LogP contribution in [0.25, 0.3) is 0 Å². The molecule has 0 heterocycles. The van der Waals surface area contributed by atoms with Crippen LogP contribution in [-0.2, 0) is 39.9 Å². The summed E-state index contributed by atoms with van der Waals surface area (Å²) in [7, 11) is 1.53. The van der Waals surface area contributed by atoms with Crippen LogP contribution in [0.5, 0.6) is 0 Å². The molecule has 0 spiro atoms. The number of unbranched alkanes of at least 4 members (excludes halogenated alkanes) is 3. The van der Waals surface area contributed by atoms with Gasteiger partial charge in [-0.15, -0.1) is 0 Å². The standard InChI is InChI=1S/C27H41N5O7/c1-28-23(34)12-14-30-25(36)19-21-8-10-22(11-9-21)32-27(38)20-26(37)31-15-18-39-17-6-7-24(35)29-13-4-2-3-5-16-33/h8-11,16H,2-7,12-15,17-20H2,1H3,(H,28,34)(H,29,35)(H,30,36)(H,31,37)(H,32,38). The molecule has 0 bridgehead atoms. The number of hydrogen-bond donors (Lipinski definition) is 5. The van der Waals surface area contributed by atoms with Gasteiger partial charge in [0.05, 0.1) is 13.0 Å². The highest BCUT2D eigenvalue weighted by atomic mass is 16.5. The van der Waals surface area contributed by atoms with E-state index in [0.29, 0.717) is 38.1 Å². The Morgan fingerprint density at radius 3 is 2.15 bits per heavy atom. The van der Waals surface area contributed by atoms with Gasteiger partial charge in [0.25, 0.3) is 0 Å². The molecule has 5 amide bonds. The van der Waals surface area contributed by atoms with Crippen LogP contribution in [0.15, 0.2) is 24.3 Å². The second-order valence-electron chi connectivity index (χ2n) is 8.80. The zero-order chi connectivity index (χ0) is 28.7. The summed E-state index contributed by atoms with van der Waals surface area (Å²) in [5.41, 5.74) is 1.24. The second-order valence-corrected chi connectivity index (χ2v) is 8.80. The third-order valence-electron chi connectivity index (χ3n) is 5.46. The number of anilines is 1. The van der Waals surface area contributed by atoms with Crippen LogP contribution < -0.4 is 26.6 Å². The molecule has 0 saturated carbocycles. The van der Waals surface area contributed by atoms with Crippen molar-refractivity contribution >= 4 is 41.5 Å². The third kappa shape index (κ3) is 18.2. The molecule has 0 fully saturated rings. The Morgan fingerprint density at radius 2 is 1.44 bits per heavy atom. The first-order chi connectivity index (χ1) is 18.8. The summed E-state index contributed by atoms with van der Waals surface area (Å²) in [5, 5.41) is 13.2. The van der Waals surface area contributed by atoms with Crippen molar-refractivity contribution < 1.29 is 33.5 Å². The van der Waals surface area contributed by atoms with Gasteiger partial charge in [0, 0.05) is 58.2 Å². The van der Waals surface area contributed by atoms with Crippen LogP contribution >= 0.6 is 0 Å². The molecule has 39 heavy (non-hydrogen) atoms. The molecule has 0 atom stereocenters. The van der Waals surface area contributed by atoms with Crippen molar-refractivity contribution in [3.05, 3.63) is 29.8 Å². The van der Waals surface area contributed by atoms with Crippen LogP contribution in [0.1, 0.15) is 56.9 Å². The summed E-state index contributed by atoms with van der Waals surface area (Å²) in [6.45, 7) is 1.76. The van der Waals surface area contributed by atoms with Crippen LogP contribution in [0.2, 0.25) is 0 Å². The first-order valence-corrected chi connectivity index (χ1v) is 13.2. The van der Waals surface area contributed by atoms with Crippen molar-refractivity contribution in [3.8, 4) is 0 Å². The average Bonchev–Trinajstić information content (AvgIpc) is 2.91. The van der Waals surface area contributed by atoms with Crippen LogP contribution in [0.4, 0.5) is 5.69 Å². The van der Waals surface area contributed by atoms with Gasteiger partial charge in [0.2, 0.25) is 29.5 Å². The van der Waals surface area contributed by atoms with E-state index >= 15 is 0 Å². The van der Waals surface area contributed by atoms with Crippen molar-refractivity contribution in [2.24, 2.45) is 0 Å². The number of amides is 5. The molecule has 0 aliphatic carbocycles. The minimum atomic E-state index is -0.470. The maximum Gasteiger partial charge on any atom is 0.233 e. The number of ether oxygens (including phenoxy) is 1. The number of benzene rings is 1. The van der Waals surface area contributed by atoms with E-state index in [-0.39, 0.29) is 56.7 Å². The maximum absolute atomic E-state index is 12.1. The van der Waals surface area contributed by atoms with Gasteiger partial charge in [-0.3, -0.25) is 24.0 Å². The number of rotatable bonds is 21. The fraction of sp³-hybridized carbons (Fsp3) is 0.556. The third-order valence-corrected chi connectivity index (χ3v) is 5.46. The molecule has 0 aliphatic rings. The van der Waals surface area contributed by atoms with Gasteiger partial charge in [0.1, 0.15) is 12.7 Å². The Morgan fingerprint density at radius 1 is 0.718 bits per heavy atom. The van der Waals surface area contributed by atoms with Crippen molar-refractivity contribution in [2.45, 2.75) is 57.8 Å². The molecule has 0 unspecified atom stereocenters. The van der Waals surface area contributed by atoms with E-state index in [1.165, 1.54) is 7.05 Å². The van der Waals surface area contributed by atoms with Crippen LogP contribution in [0.3, 0.4) is 0 Å². The zero-order valence-corrected chi connectivity index (χ0v) is 22.6. The minimum absolute atomic E-state index is 0.0389. The molecule has 0 radical (unpaired) electrons. The Balaban J connectivity index is 2.10. The molecule has 0 saturated heterocycles. The lowest BCUT2D eigenvalue weighted by Gasteiger charge is -2.09. The monoisotopic (exact) mass is 547 g/mol. The first kappa shape index (κ1) is 33.2. The molecule has 216 valence electrons. The number of carbonyl (C=O) groups excluding carboxylic acids is 6. The lowest BCUT2D eigenvalue weighted by molar-refractivity contribution is -0.127. The Labute approximate surface area is 229 Å². The molecular weight excluding hydrogens is 506 g/mol. The van der Waals surface area contributed by atoms with Gasteiger partial charge in [0.15, 0.2) is 0 Å². The predicted molar refractivity (Wildman–Crippen MR) is 146 cm³/mol. The van der Waals surface area contributed by atoms with E-state index in [9.17, 15) is 28.8 Å². The van der Waals surface area contributed by atoms with E-state index in [0.717, 1.165) is 31.1 Å². The van der Waals surface area contributed by atoms with Gasteiger partial charge in [-0.1, -0.05) is 18.6 Å². The Hall–Kier alpha value is -3.80. The highest BCUT2D eigenvalue weighted by Crippen LogP contribution is 2.10. The molecule has 5 N–H and O–H groups in total. The molecule has 1 aromatic rings. The number of nitrogens with one attached hydrogen (secondary N) is 5. The summed E-state index contributed by atoms with van der Waals surface area (Å²) in [6, 6.07) is 6.69. The van der Waals surface area contributed by atoms with Crippen molar-refractivity contribution in [1.29, 1.82) is 0 Å². The van der Waals surface area contributed by atoms with E-state index in [2.05, 4.69) is 26.6 Å². The SMILES string of the molecule is CNC(=O)CCNC(=O)Cc1ccc(NC(=O)CC(=O)NCCOCCCC(=O)NCCCCCC=O)cc1. The highest BCUT2D eigenvalue weighted by Gasteiger charge is 2.10. The minimum Gasteiger partial charge on any atom is -0.380 e. The van der Waals surface area contributed by atoms with Crippen LogP contribution in [-0.4, -0.2) is 75.7 Å². The molecule has 0 aliphatic heterocycles. The molecule has 0 aromatic heterocycles. The molecule has 12 nitrogen and oxygen atoms in total. The smallest absolute Gasteiger partial charge is 0.233 e. The lowest BCUT2D eigenvalue weighted by Crippen LogP contribution is -2.31. The highest BCUT2D eigenvalue weighted by molar-refractivity contribution is 6.03. The normalized spacial score (nSPS) is 10.3. The topological polar surface area (TPSA) is 172 Å². The molecular formula is C27H41N5O7. The van der Waals surface area contributed by atoms with Crippen molar-refractivity contribution in [1.82, 2.24) is 21.3 Å². The van der Waals surface area contributed by atoms with E-state index < -0.39 is 11.8 Å². The fourth-order valence-electron chi connectivity index (χ4n) is 3.35. The molecule has 1 aromatic carbocycles. The van der Waals surface area contributed by atoms with Gasteiger partial charge >= 0.3 is 0 Å². The van der Waals surface area contributed by atoms with Gasteiger partial charge < -0.3 is 36.1 Å². The number of carbonyl (C=O) groups is 6. The van der Waals surface area contributed by atoms with E-state index in [1.807, 2.05) is 0 Å². The van der Waals surface area contributed by atoms with Crippen molar-refractivity contribution in [3.63, 3.8) is 0 Å². The Kier molecular flexibility index (Phi) is 18.0. The maximum atomic E-state index is 12.1. The van der Waals surface area contributed by atoms with Gasteiger partial charge in [-0.05, 0) is 37.0 Å². The van der Waals surface area contributed by atoms with Crippen molar-refractivity contribution in [2.75, 3.05) is 45.2 Å². The number of aldehydes is 1. The summed E-state index contributed by atoms with van der Waals surface area (Å²) in [5.74, 6) is -1.31. The molecule has 1 rings (SSSR count). The summed E-state index contributed by atoms with van der Waals surface area (Å²) >= 11 is 0. The lowest BCUT2D eigenvalue weighted by atomic mass is 10.1. The Bertz CT molecular complexity index is 922. The average molecular weight is 548 g/mol.